The first-order valence-electron chi connectivity index (χ1n) is 25.3. The predicted octanol–water partition coefficient (Wildman–Crippen LogP) is 15.8. The number of hydrogen-bond acceptors (Lipinski definition) is 3. The van der Waals surface area contributed by atoms with Gasteiger partial charge in [0.05, 0.1) is 0 Å². The Morgan fingerprint density at radius 1 is 0.441 bits per heavy atom. The molecule has 4 aliphatic rings. The molecule has 2 aliphatic heterocycles. The van der Waals surface area contributed by atoms with Crippen LogP contribution in [0.15, 0.2) is 133 Å². The number of fused-ring (bicyclic) bond motifs is 6. The molecule has 7 aromatic carbocycles. The summed E-state index contributed by atoms with van der Waals surface area (Å²) in [6, 6.07) is 51.8. The van der Waals surface area contributed by atoms with Gasteiger partial charge in [0, 0.05) is 51.2 Å². The number of para-hydroxylation sites is 2. The van der Waals surface area contributed by atoms with E-state index in [9.17, 15) is 0 Å². The standard InChI is InChI=1S/C64H70BN3/c1-40-31-57-59-58(32-40)68(55-37-49-47(34-42(55)3)61(7,8)29-30-62(49,9)10)54-28-26-46(66(44-21-17-15-18-22-44)45-23-19-16-20-24-45)35-51(54)65(59)52-36-48-50(64(13,14)39-63(48,11)12)38-56(52)67(57)53-27-25-43(33-41(53)2)60(4,5)6/h15-28,31-38H,29-30,39H2,1-14H3. The zero-order valence-electron chi connectivity index (χ0n) is 43.2. The Balaban J connectivity index is 1.26. The minimum Gasteiger partial charge on any atom is -0.311 e. The van der Waals surface area contributed by atoms with Crippen molar-refractivity contribution < 1.29 is 0 Å². The van der Waals surface area contributed by atoms with Crippen molar-refractivity contribution in [1.29, 1.82) is 0 Å². The fourth-order valence-corrected chi connectivity index (χ4v) is 13.2. The topological polar surface area (TPSA) is 9.72 Å². The van der Waals surface area contributed by atoms with Crippen molar-refractivity contribution in [3.05, 3.63) is 178 Å². The van der Waals surface area contributed by atoms with Crippen LogP contribution in [-0.4, -0.2) is 6.71 Å². The second-order valence-electron chi connectivity index (χ2n) is 24.7. The molecule has 344 valence electrons. The molecule has 0 fully saturated rings. The van der Waals surface area contributed by atoms with Crippen LogP contribution in [0.1, 0.15) is 140 Å². The number of anilines is 9. The average molecular weight is 892 g/mol. The zero-order chi connectivity index (χ0) is 48.0. The Morgan fingerprint density at radius 3 is 1.50 bits per heavy atom. The van der Waals surface area contributed by atoms with Crippen molar-refractivity contribution in [2.24, 2.45) is 0 Å². The summed E-state index contributed by atoms with van der Waals surface area (Å²) in [5.74, 6) is 0. The van der Waals surface area contributed by atoms with Crippen LogP contribution in [0.3, 0.4) is 0 Å². The van der Waals surface area contributed by atoms with Gasteiger partial charge in [-0.25, -0.2) is 0 Å². The largest absolute Gasteiger partial charge is 0.311 e. The fraction of sp³-hybridized carbons (Fsp3) is 0.344. The number of nitrogens with zero attached hydrogens (tertiary/aromatic N) is 3. The quantitative estimate of drug-likeness (QED) is 0.159. The number of benzene rings is 7. The van der Waals surface area contributed by atoms with Crippen LogP contribution in [0.4, 0.5) is 51.2 Å². The van der Waals surface area contributed by atoms with E-state index in [0.29, 0.717) is 0 Å². The monoisotopic (exact) mass is 892 g/mol. The third-order valence-electron chi connectivity index (χ3n) is 16.7. The van der Waals surface area contributed by atoms with Gasteiger partial charge in [-0.3, -0.25) is 0 Å². The zero-order valence-corrected chi connectivity index (χ0v) is 43.2. The van der Waals surface area contributed by atoms with Crippen LogP contribution in [-0.2, 0) is 27.1 Å². The van der Waals surface area contributed by atoms with Crippen molar-refractivity contribution >= 4 is 74.3 Å². The number of aryl methyl sites for hydroxylation is 3. The second-order valence-corrected chi connectivity index (χ2v) is 24.7. The Hall–Kier alpha value is -6.00. The first-order valence-corrected chi connectivity index (χ1v) is 25.3. The van der Waals surface area contributed by atoms with Gasteiger partial charge in [0.1, 0.15) is 0 Å². The molecule has 0 atom stereocenters. The molecule has 2 aliphatic carbocycles. The summed E-state index contributed by atoms with van der Waals surface area (Å²) in [5.41, 5.74) is 26.7. The molecule has 0 bridgehead atoms. The predicted molar refractivity (Wildman–Crippen MR) is 294 cm³/mol. The van der Waals surface area contributed by atoms with Crippen molar-refractivity contribution in [1.82, 2.24) is 0 Å². The molecule has 0 unspecified atom stereocenters. The first-order chi connectivity index (χ1) is 32.1. The summed E-state index contributed by atoms with van der Waals surface area (Å²) in [6.07, 6.45) is 3.47. The Kier molecular flexibility index (Phi) is 9.82. The summed E-state index contributed by atoms with van der Waals surface area (Å²) < 4.78 is 0. The maximum Gasteiger partial charge on any atom is 0.252 e. The lowest BCUT2D eigenvalue weighted by Crippen LogP contribution is -2.61. The molecule has 0 saturated heterocycles. The maximum atomic E-state index is 2.67. The van der Waals surface area contributed by atoms with Gasteiger partial charge in [0.15, 0.2) is 0 Å². The summed E-state index contributed by atoms with van der Waals surface area (Å²) in [4.78, 5) is 7.78. The van der Waals surface area contributed by atoms with Crippen LogP contribution in [0.25, 0.3) is 0 Å². The summed E-state index contributed by atoms with van der Waals surface area (Å²) in [7, 11) is 0. The van der Waals surface area contributed by atoms with Gasteiger partial charge < -0.3 is 14.7 Å². The lowest BCUT2D eigenvalue weighted by Gasteiger charge is -2.47. The Bertz CT molecular complexity index is 3140. The average Bonchev–Trinajstić information content (AvgIpc) is 3.46. The molecule has 7 aromatic rings. The van der Waals surface area contributed by atoms with E-state index < -0.39 is 0 Å². The van der Waals surface area contributed by atoms with Crippen molar-refractivity contribution in [3.63, 3.8) is 0 Å². The van der Waals surface area contributed by atoms with Crippen LogP contribution < -0.4 is 31.1 Å². The van der Waals surface area contributed by atoms with E-state index in [1.165, 1.54) is 108 Å². The maximum absolute atomic E-state index is 2.67. The van der Waals surface area contributed by atoms with Gasteiger partial charge in [0.25, 0.3) is 6.71 Å². The molecule has 0 N–H and O–H groups in total. The van der Waals surface area contributed by atoms with Gasteiger partial charge in [-0.1, -0.05) is 137 Å². The fourth-order valence-electron chi connectivity index (χ4n) is 13.2. The summed E-state index contributed by atoms with van der Waals surface area (Å²) in [5, 5.41) is 0. The molecule has 0 radical (unpaired) electrons. The van der Waals surface area contributed by atoms with E-state index in [1.807, 2.05) is 0 Å². The lowest BCUT2D eigenvalue weighted by molar-refractivity contribution is 0.332. The van der Waals surface area contributed by atoms with Gasteiger partial charge in [0.2, 0.25) is 0 Å². The van der Waals surface area contributed by atoms with Gasteiger partial charge in [-0.2, -0.15) is 0 Å². The molecule has 68 heavy (non-hydrogen) atoms. The normalized spacial score (nSPS) is 17.8. The molecule has 11 rings (SSSR count). The van der Waals surface area contributed by atoms with E-state index in [2.05, 4.69) is 245 Å². The van der Waals surface area contributed by atoms with Crippen LogP contribution in [0.2, 0.25) is 0 Å². The molecule has 4 heteroatoms. The highest BCUT2D eigenvalue weighted by Gasteiger charge is 2.49. The molecule has 2 heterocycles. The minimum absolute atomic E-state index is 0.0151. The van der Waals surface area contributed by atoms with E-state index in [0.717, 1.165) is 23.5 Å². The summed E-state index contributed by atoms with van der Waals surface area (Å²) >= 11 is 0. The molecule has 0 saturated carbocycles. The van der Waals surface area contributed by atoms with Gasteiger partial charge in [-0.05, 0) is 201 Å². The minimum atomic E-state index is -0.0151. The van der Waals surface area contributed by atoms with Gasteiger partial charge in [-0.15, -0.1) is 0 Å². The molecule has 3 nitrogen and oxygen atoms in total. The number of hydrogen-bond donors (Lipinski definition) is 0. The SMILES string of the molecule is Cc1cc2c3c(c1)N(c1ccc(C(C)(C)C)cc1C)c1cc4c(cc1B3c1cc(N(c3ccccc3)c3ccccc3)ccc1N2c1cc2c(cc1C)C(C)(C)CCC2(C)C)C(C)(C)CC4(C)C. The highest BCUT2D eigenvalue weighted by molar-refractivity contribution is 7.00. The smallest absolute Gasteiger partial charge is 0.252 e. The second kappa shape index (κ2) is 15.0. The van der Waals surface area contributed by atoms with E-state index in [1.54, 1.807) is 0 Å². The highest BCUT2D eigenvalue weighted by Crippen LogP contribution is 2.54. The third kappa shape index (κ3) is 6.82. The third-order valence-corrected chi connectivity index (χ3v) is 16.7. The van der Waals surface area contributed by atoms with Crippen LogP contribution in [0.5, 0.6) is 0 Å². The van der Waals surface area contributed by atoms with Gasteiger partial charge >= 0.3 is 0 Å². The van der Waals surface area contributed by atoms with E-state index in [4.69, 9.17) is 0 Å². The molecule has 0 aromatic heterocycles. The van der Waals surface area contributed by atoms with Crippen molar-refractivity contribution in [2.75, 3.05) is 14.7 Å². The van der Waals surface area contributed by atoms with Crippen molar-refractivity contribution in [3.8, 4) is 0 Å². The number of rotatable bonds is 5. The van der Waals surface area contributed by atoms with Crippen molar-refractivity contribution in [2.45, 2.75) is 143 Å². The van der Waals surface area contributed by atoms with E-state index >= 15 is 0 Å². The lowest BCUT2D eigenvalue weighted by atomic mass is 9.33. The molecular weight excluding hydrogens is 822 g/mol. The first kappa shape index (κ1) is 44.5. The Morgan fingerprint density at radius 2 is 0.926 bits per heavy atom. The summed E-state index contributed by atoms with van der Waals surface area (Å²) in [6.45, 7) is 33.7. The highest BCUT2D eigenvalue weighted by atomic mass is 15.2. The van der Waals surface area contributed by atoms with Crippen LogP contribution >= 0.6 is 0 Å². The molecule has 0 spiro atoms. The Labute approximate surface area is 408 Å². The van der Waals surface area contributed by atoms with E-state index in [-0.39, 0.29) is 33.8 Å². The van der Waals surface area contributed by atoms with Crippen LogP contribution in [0, 0.1) is 20.8 Å². The molecular formula is C64H70BN3. The molecule has 0 amide bonds.